The number of hydrogen-bond donors (Lipinski definition) is 0. The quantitative estimate of drug-likeness (QED) is 0.701. The minimum Gasteiger partial charge on any atom is -0.0654 e. The highest BCUT2D eigenvalue weighted by Gasteiger charge is 2.01. The van der Waals surface area contributed by atoms with Crippen LogP contribution in [0.5, 0.6) is 0 Å². The maximum Gasteiger partial charge on any atom is -0.00639 e. The molecule has 2 aromatic carbocycles. The summed E-state index contributed by atoms with van der Waals surface area (Å²) in [6.07, 6.45) is 1.03. The molecule has 0 amide bonds. The van der Waals surface area contributed by atoms with Gasteiger partial charge in [0.05, 0.1) is 0 Å². The van der Waals surface area contributed by atoms with Crippen molar-refractivity contribution >= 4 is 5.57 Å². The Labute approximate surface area is 110 Å². The Kier molecular flexibility index (Phi) is 3.99. The van der Waals surface area contributed by atoms with Crippen LogP contribution < -0.4 is 0 Å². The van der Waals surface area contributed by atoms with Crippen LogP contribution >= 0.6 is 0 Å². The van der Waals surface area contributed by atoms with Crippen LogP contribution in [0.4, 0.5) is 0 Å². The molecule has 0 bridgehead atoms. The van der Waals surface area contributed by atoms with Crippen LogP contribution in [0.1, 0.15) is 30.5 Å². The summed E-state index contributed by atoms with van der Waals surface area (Å²) < 4.78 is 0. The summed E-state index contributed by atoms with van der Waals surface area (Å²) >= 11 is 0. The zero-order valence-electron chi connectivity index (χ0n) is 11.4. The Hall–Kier alpha value is -1.82. The second-order valence-corrected chi connectivity index (χ2v) is 4.93. The van der Waals surface area contributed by atoms with Crippen molar-refractivity contribution in [2.45, 2.75) is 27.2 Å². The van der Waals surface area contributed by atoms with E-state index in [4.69, 9.17) is 0 Å². The molecule has 0 atom stereocenters. The van der Waals surface area contributed by atoms with Gasteiger partial charge in [-0.05, 0) is 43.9 Å². The molecule has 0 unspecified atom stereocenters. The predicted octanol–water partition coefficient (Wildman–Crippen LogP) is 5.03. The predicted molar refractivity (Wildman–Crippen MR) is 79.6 cm³/mol. The van der Waals surface area contributed by atoms with Gasteiger partial charge in [0.1, 0.15) is 0 Å². The van der Waals surface area contributed by atoms with Crippen molar-refractivity contribution in [3.05, 3.63) is 76.9 Å². The van der Waals surface area contributed by atoms with Crippen molar-refractivity contribution in [3.63, 3.8) is 0 Å². The van der Waals surface area contributed by atoms with Gasteiger partial charge in [-0.25, -0.2) is 0 Å². The molecule has 0 aliphatic rings. The zero-order valence-corrected chi connectivity index (χ0v) is 11.4. The first kappa shape index (κ1) is 12.6. The molecular formula is C18H20. The first-order chi connectivity index (χ1) is 8.66. The second-order valence-electron chi connectivity index (χ2n) is 4.93. The highest BCUT2D eigenvalue weighted by atomic mass is 14.1. The normalized spacial score (nSPS) is 12.2. The van der Waals surface area contributed by atoms with E-state index in [9.17, 15) is 0 Å². The Morgan fingerprint density at radius 3 is 2.06 bits per heavy atom. The van der Waals surface area contributed by atoms with Crippen LogP contribution in [0, 0.1) is 6.92 Å². The number of hydrogen-bond acceptors (Lipinski definition) is 0. The van der Waals surface area contributed by atoms with Crippen molar-refractivity contribution < 1.29 is 0 Å². The standard InChI is InChI=1S/C18H20/c1-14-9-11-17(12-10-14)13-15(2)16(3)18-7-5-4-6-8-18/h4-12H,13H2,1-3H3. The summed E-state index contributed by atoms with van der Waals surface area (Å²) in [6, 6.07) is 19.4. The molecule has 0 saturated carbocycles. The van der Waals surface area contributed by atoms with E-state index in [1.54, 1.807) is 0 Å². The minimum atomic E-state index is 1.03. The van der Waals surface area contributed by atoms with E-state index in [0.29, 0.717) is 0 Å². The summed E-state index contributed by atoms with van der Waals surface area (Å²) in [6.45, 7) is 6.56. The lowest BCUT2D eigenvalue weighted by Gasteiger charge is -2.09. The lowest BCUT2D eigenvalue weighted by Crippen LogP contribution is -1.91. The molecule has 0 heterocycles. The fourth-order valence-electron chi connectivity index (χ4n) is 2.08. The van der Waals surface area contributed by atoms with Gasteiger partial charge in [0.15, 0.2) is 0 Å². The second kappa shape index (κ2) is 5.68. The van der Waals surface area contributed by atoms with Crippen LogP contribution in [0.3, 0.4) is 0 Å². The lowest BCUT2D eigenvalue weighted by atomic mass is 9.97. The first-order valence-corrected chi connectivity index (χ1v) is 6.44. The highest BCUT2D eigenvalue weighted by molar-refractivity contribution is 5.66. The fraction of sp³-hybridized carbons (Fsp3) is 0.222. The van der Waals surface area contributed by atoms with Crippen LogP contribution in [-0.4, -0.2) is 0 Å². The van der Waals surface area contributed by atoms with Crippen molar-refractivity contribution in [2.24, 2.45) is 0 Å². The number of benzene rings is 2. The number of allylic oxidation sites excluding steroid dienone is 2. The molecule has 0 heteroatoms. The molecule has 18 heavy (non-hydrogen) atoms. The van der Waals surface area contributed by atoms with Gasteiger partial charge in [-0.3, -0.25) is 0 Å². The van der Waals surface area contributed by atoms with Crippen LogP contribution in [-0.2, 0) is 6.42 Å². The molecule has 0 spiro atoms. The summed E-state index contributed by atoms with van der Waals surface area (Å²) in [4.78, 5) is 0. The third-order valence-corrected chi connectivity index (χ3v) is 3.44. The molecule has 2 aromatic rings. The maximum absolute atomic E-state index is 2.22. The molecule has 0 radical (unpaired) electrons. The Morgan fingerprint density at radius 1 is 0.833 bits per heavy atom. The summed E-state index contributed by atoms with van der Waals surface area (Å²) in [5.41, 5.74) is 6.84. The van der Waals surface area contributed by atoms with E-state index in [0.717, 1.165) is 6.42 Å². The largest absolute Gasteiger partial charge is 0.0654 e. The molecular weight excluding hydrogens is 216 g/mol. The Morgan fingerprint density at radius 2 is 1.44 bits per heavy atom. The van der Waals surface area contributed by atoms with E-state index in [1.165, 1.54) is 27.8 Å². The van der Waals surface area contributed by atoms with Crippen molar-refractivity contribution in [1.82, 2.24) is 0 Å². The third kappa shape index (κ3) is 3.10. The van der Waals surface area contributed by atoms with Gasteiger partial charge in [-0.15, -0.1) is 0 Å². The average molecular weight is 236 g/mol. The summed E-state index contributed by atoms with van der Waals surface area (Å²) in [5, 5.41) is 0. The number of aryl methyl sites for hydroxylation is 1. The van der Waals surface area contributed by atoms with Crippen LogP contribution in [0.15, 0.2) is 60.2 Å². The topological polar surface area (TPSA) is 0 Å². The van der Waals surface area contributed by atoms with Crippen molar-refractivity contribution in [1.29, 1.82) is 0 Å². The minimum absolute atomic E-state index is 1.03. The van der Waals surface area contributed by atoms with Gasteiger partial charge in [0, 0.05) is 0 Å². The summed E-state index contributed by atoms with van der Waals surface area (Å²) in [5.74, 6) is 0. The molecule has 0 N–H and O–H groups in total. The smallest absolute Gasteiger partial charge is 0.00639 e. The van der Waals surface area contributed by atoms with Gasteiger partial charge in [-0.2, -0.15) is 0 Å². The van der Waals surface area contributed by atoms with Crippen molar-refractivity contribution in [3.8, 4) is 0 Å². The average Bonchev–Trinajstić information content (AvgIpc) is 2.41. The van der Waals surface area contributed by atoms with E-state index in [2.05, 4.69) is 75.4 Å². The Bertz CT molecular complexity index is 530. The SMILES string of the molecule is CC(Cc1ccc(C)cc1)=C(C)c1ccccc1. The molecule has 0 nitrogen and oxygen atoms in total. The first-order valence-electron chi connectivity index (χ1n) is 6.44. The summed E-state index contributed by atoms with van der Waals surface area (Å²) in [7, 11) is 0. The van der Waals surface area contributed by atoms with E-state index in [-0.39, 0.29) is 0 Å². The van der Waals surface area contributed by atoms with E-state index < -0.39 is 0 Å². The molecule has 0 fully saturated rings. The molecule has 0 aliphatic heterocycles. The van der Waals surface area contributed by atoms with Crippen molar-refractivity contribution in [2.75, 3.05) is 0 Å². The van der Waals surface area contributed by atoms with E-state index in [1.807, 2.05) is 0 Å². The maximum atomic E-state index is 2.22. The molecule has 92 valence electrons. The fourth-order valence-corrected chi connectivity index (χ4v) is 2.08. The van der Waals surface area contributed by atoms with Crippen LogP contribution in [0.2, 0.25) is 0 Å². The van der Waals surface area contributed by atoms with Gasteiger partial charge in [0.25, 0.3) is 0 Å². The third-order valence-electron chi connectivity index (χ3n) is 3.44. The van der Waals surface area contributed by atoms with Gasteiger partial charge in [0.2, 0.25) is 0 Å². The lowest BCUT2D eigenvalue weighted by molar-refractivity contribution is 1.14. The van der Waals surface area contributed by atoms with E-state index >= 15 is 0 Å². The van der Waals surface area contributed by atoms with Gasteiger partial charge >= 0.3 is 0 Å². The highest BCUT2D eigenvalue weighted by Crippen LogP contribution is 2.20. The molecule has 2 rings (SSSR count). The van der Waals surface area contributed by atoms with Gasteiger partial charge < -0.3 is 0 Å². The van der Waals surface area contributed by atoms with Crippen LogP contribution in [0.25, 0.3) is 5.57 Å². The van der Waals surface area contributed by atoms with Gasteiger partial charge in [-0.1, -0.05) is 65.7 Å². The zero-order chi connectivity index (χ0) is 13.0. The monoisotopic (exact) mass is 236 g/mol. The number of rotatable bonds is 3. The Balaban J connectivity index is 2.20. The molecule has 0 saturated heterocycles. The molecule has 0 aromatic heterocycles. The molecule has 0 aliphatic carbocycles.